The van der Waals surface area contributed by atoms with E-state index in [2.05, 4.69) is 33.9 Å². The van der Waals surface area contributed by atoms with Crippen LogP contribution in [0.2, 0.25) is 5.02 Å². The van der Waals surface area contributed by atoms with Crippen molar-refractivity contribution < 1.29 is 4.79 Å². The molecule has 0 aliphatic carbocycles. The number of hydrogen-bond acceptors (Lipinski definition) is 7. The summed E-state index contributed by atoms with van der Waals surface area (Å²) in [5.41, 5.74) is 8.79. The van der Waals surface area contributed by atoms with Crippen LogP contribution in [0.1, 0.15) is 47.8 Å². The molecule has 190 valence electrons. The summed E-state index contributed by atoms with van der Waals surface area (Å²) < 4.78 is 1.98. The zero-order valence-electron chi connectivity index (χ0n) is 20.7. The van der Waals surface area contributed by atoms with Crippen LogP contribution < -0.4 is 15.5 Å². The first-order chi connectivity index (χ1) is 17.5. The lowest BCUT2D eigenvalue weighted by atomic mass is 9.98. The second-order valence-corrected chi connectivity index (χ2v) is 10.6. The summed E-state index contributed by atoms with van der Waals surface area (Å²) in [4.78, 5) is 27.6. The standard InChI is InChI=1S/C26H33ClN8O/c1-31-11-13-33(14-12-31)25-17-23(32-8-4-9-32)29-24-16-21(30-35(24)25)22-5-2-3-10-34(22)26(36)19-15-18(27)6-7-20(19)28/h6-7,15-17,22H,2-5,8-14,28H2,1H3. The first kappa shape index (κ1) is 23.4. The number of fused-ring (bicyclic) bond motifs is 1. The molecule has 2 aromatic heterocycles. The molecule has 1 atom stereocenters. The highest BCUT2D eigenvalue weighted by molar-refractivity contribution is 6.31. The van der Waals surface area contributed by atoms with Crippen molar-refractivity contribution in [1.82, 2.24) is 24.4 Å². The number of likely N-dealkylation sites (tertiary alicyclic amines) is 1. The molecule has 0 radical (unpaired) electrons. The number of carbonyl (C=O) groups is 1. The predicted octanol–water partition coefficient (Wildman–Crippen LogP) is 3.29. The van der Waals surface area contributed by atoms with E-state index < -0.39 is 0 Å². The molecule has 10 heteroatoms. The number of nitrogen functional groups attached to an aromatic ring is 1. The molecule has 3 aromatic rings. The Morgan fingerprint density at radius 3 is 2.53 bits per heavy atom. The third-order valence-corrected chi connectivity index (χ3v) is 8.01. The zero-order chi connectivity index (χ0) is 24.8. The maximum absolute atomic E-state index is 13.6. The first-order valence-corrected chi connectivity index (χ1v) is 13.3. The maximum atomic E-state index is 13.6. The van der Waals surface area contributed by atoms with Gasteiger partial charge in [-0.1, -0.05) is 11.6 Å². The van der Waals surface area contributed by atoms with E-state index in [9.17, 15) is 4.79 Å². The molecular formula is C26H33ClN8O. The SMILES string of the molecule is CN1CCN(c2cc(N3CCC3)nc3cc(C4CCCCN4C(=O)c4cc(Cl)ccc4N)nn23)CC1. The van der Waals surface area contributed by atoms with Crippen molar-refractivity contribution in [2.45, 2.75) is 31.7 Å². The summed E-state index contributed by atoms with van der Waals surface area (Å²) in [7, 11) is 2.17. The van der Waals surface area contributed by atoms with E-state index in [0.29, 0.717) is 22.8 Å². The summed E-state index contributed by atoms with van der Waals surface area (Å²) >= 11 is 6.20. The Bertz CT molecular complexity index is 1280. The van der Waals surface area contributed by atoms with Gasteiger partial charge in [-0.15, -0.1) is 0 Å². The monoisotopic (exact) mass is 508 g/mol. The molecule has 3 aliphatic heterocycles. The third-order valence-electron chi connectivity index (χ3n) is 7.77. The number of piperazine rings is 1. The Morgan fingerprint density at radius 1 is 0.972 bits per heavy atom. The highest BCUT2D eigenvalue weighted by Gasteiger charge is 2.32. The number of amides is 1. The van der Waals surface area contributed by atoms with Gasteiger partial charge in [0.15, 0.2) is 5.65 Å². The first-order valence-electron chi connectivity index (χ1n) is 12.9. The highest BCUT2D eigenvalue weighted by Crippen LogP contribution is 2.35. The summed E-state index contributed by atoms with van der Waals surface area (Å²) in [5.74, 6) is 2.00. The fraction of sp³-hybridized carbons (Fsp3) is 0.500. The molecule has 0 bridgehead atoms. The smallest absolute Gasteiger partial charge is 0.256 e. The molecule has 0 saturated carbocycles. The van der Waals surface area contributed by atoms with Gasteiger partial charge in [-0.25, -0.2) is 4.98 Å². The minimum absolute atomic E-state index is 0.0923. The van der Waals surface area contributed by atoms with E-state index in [4.69, 9.17) is 27.4 Å². The van der Waals surface area contributed by atoms with Crippen molar-refractivity contribution >= 4 is 40.5 Å². The van der Waals surface area contributed by atoms with Crippen LogP contribution in [0.15, 0.2) is 30.3 Å². The van der Waals surface area contributed by atoms with E-state index in [-0.39, 0.29) is 11.9 Å². The van der Waals surface area contributed by atoms with Gasteiger partial charge < -0.3 is 25.3 Å². The lowest BCUT2D eigenvalue weighted by Crippen LogP contribution is -2.45. The molecule has 36 heavy (non-hydrogen) atoms. The third kappa shape index (κ3) is 4.24. The molecule has 1 unspecified atom stereocenters. The van der Waals surface area contributed by atoms with Gasteiger partial charge in [0.2, 0.25) is 0 Å². The Balaban J connectivity index is 1.38. The fourth-order valence-corrected chi connectivity index (χ4v) is 5.62. The summed E-state index contributed by atoms with van der Waals surface area (Å²) in [6, 6.07) is 9.21. The topological polar surface area (TPSA) is 86.2 Å². The van der Waals surface area contributed by atoms with Crippen molar-refractivity contribution in [1.29, 1.82) is 0 Å². The molecule has 1 aromatic carbocycles. The van der Waals surface area contributed by atoms with Crippen LogP contribution in [0.4, 0.5) is 17.3 Å². The lowest BCUT2D eigenvalue weighted by molar-refractivity contribution is 0.0607. The van der Waals surface area contributed by atoms with Crippen LogP contribution in [0.3, 0.4) is 0 Å². The summed E-state index contributed by atoms with van der Waals surface area (Å²) in [6.07, 6.45) is 4.07. The molecule has 0 spiro atoms. The van der Waals surface area contributed by atoms with E-state index in [1.165, 1.54) is 6.42 Å². The number of nitrogens with two attached hydrogens (primary N) is 1. The van der Waals surface area contributed by atoms with Crippen molar-refractivity contribution in [2.75, 3.05) is 68.4 Å². The fourth-order valence-electron chi connectivity index (χ4n) is 5.44. The molecule has 9 nitrogen and oxygen atoms in total. The van der Waals surface area contributed by atoms with E-state index in [0.717, 1.165) is 81.5 Å². The number of piperidine rings is 1. The molecule has 2 N–H and O–H groups in total. The van der Waals surface area contributed by atoms with Crippen LogP contribution in [-0.4, -0.2) is 83.2 Å². The van der Waals surface area contributed by atoms with Crippen LogP contribution in [-0.2, 0) is 0 Å². The summed E-state index contributed by atoms with van der Waals surface area (Å²) in [5, 5.41) is 5.58. The Morgan fingerprint density at radius 2 is 1.78 bits per heavy atom. The number of benzene rings is 1. The van der Waals surface area contributed by atoms with Gasteiger partial charge >= 0.3 is 0 Å². The van der Waals surface area contributed by atoms with Gasteiger partial charge in [-0.2, -0.15) is 9.61 Å². The molecule has 5 heterocycles. The normalized spacial score (nSPS) is 21.2. The average molecular weight is 509 g/mol. The van der Waals surface area contributed by atoms with Crippen molar-refractivity contribution in [3.8, 4) is 0 Å². The number of halogens is 1. The van der Waals surface area contributed by atoms with Crippen LogP contribution in [0.5, 0.6) is 0 Å². The van der Waals surface area contributed by atoms with Crippen molar-refractivity contribution in [3.63, 3.8) is 0 Å². The number of carbonyl (C=O) groups excluding carboxylic acids is 1. The van der Waals surface area contributed by atoms with Gasteiger partial charge in [0.05, 0.1) is 17.3 Å². The van der Waals surface area contributed by atoms with E-state index >= 15 is 0 Å². The van der Waals surface area contributed by atoms with Gasteiger partial charge in [-0.05, 0) is 50.9 Å². The second-order valence-electron chi connectivity index (χ2n) is 10.2. The van der Waals surface area contributed by atoms with Crippen LogP contribution >= 0.6 is 11.6 Å². The number of likely N-dealkylation sites (N-methyl/N-ethyl adjacent to an activating group) is 1. The van der Waals surface area contributed by atoms with E-state index in [1.54, 1.807) is 18.2 Å². The minimum atomic E-state index is -0.126. The molecule has 3 fully saturated rings. The molecular weight excluding hydrogens is 476 g/mol. The number of rotatable bonds is 4. The molecule has 3 saturated heterocycles. The largest absolute Gasteiger partial charge is 0.398 e. The number of nitrogens with zero attached hydrogens (tertiary/aromatic N) is 7. The van der Waals surface area contributed by atoms with Gasteiger partial charge in [-0.3, -0.25) is 4.79 Å². The average Bonchev–Trinajstić information content (AvgIpc) is 3.28. The lowest BCUT2D eigenvalue weighted by Gasteiger charge is -2.36. The maximum Gasteiger partial charge on any atom is 0.256 e. The number of aromatic nitrogens is 3. The zero-order valence-corrected chi connectivity index (χ0v) is 21.5. The van der Waals surface area contributed by atoms with Crippen LogP contribution in [0.25, 0.3) is 5.65 Å². The Kier molecular flexibility index (Phi) is 6.13. The molecule has 1 amide bonds. The Hall–Kier alpha value is -3.04. The Labute approximate surface area is 216 Å². The predicted molar refractivity (Wildman–Crippen MR) is 143 cm³/mol. The number of anilines is 3. The van der Waals surface area contributed by atoms with Crippen LogP contribution in [0, 0.1) is 0 Å². The molecule has 3 aliphatic rings. The minimum Gasteiger partial charge on any atom is -0.398 e. The van der Waals surface area contributed by atoms with Crippen molar-refractivity contribution in [2.24, 2.45) is 0 Å². The van der Waals surface area contributed by atoms with Gasteiger partial charge in [0, 0.05) is 68.7 Å². The van der Waals surface area contributed by atoms with Crippen molar-refractivity contribution in [3.05, 3.63) is 46.6 Å². The quantitative estimate of drug-likeness (QED) is 0.541. The molecule has 6 rings (SSSR count). The highest BCUT2D eigenvalue weighted by atomic mass is 35.5. The van der Waals surface area contributed by atoms with Gasteiger partial charge in [0.1, 0.15) is 11.6 Å². The number of hydrogen-bond donors (Lipinski definition) is 1. The van der Waals surface area contributed by atoms with E-state index in [1.807, 2.05) is 9.42 Å². The summed E-state index contributed by atoms with van der Waals surface area (Å²) in [6.45, 7) is 6.68. The second kappa shape index (κ2) is 9.44. The van der Waals surface area contributed by atoms with Gasteiger partial charge in [0.25, 0.3) is 5.91 Å².